The third-order valence-corrected chi connectivity index (χ3v) is 3.50. The summed E-state index contributed by atoms with van der Waals surface area (Å²) < 4.78 is 0. The normalized spacial score (nSPS) is 18.2. The summed E-state index contributed by atoms with van der Waals surface area (Å²) in [5, 5.41) is 0. The van der Waals surface area contributed by atoms with Crippen molar-refractivity contribution in [1.82, 2.24) is 4.90 Å². The number of ketones is 1. The summed E-state index contributed by atoms with van der Waals surface area (Å²) in [5.74, 6) is 0.881. The molecule has 0 aromatic rings. The van der Waals surface area contributed by atoms with Gasteiger partial charge in [-0.15, -0.1) is 0 Å². The van der Waals surface area contributed by atoms with Gasteiger partial charge in [0, 0.05) is 31.3 Å². The van der Waals surface area contributed by atoms with Crippen LogP contribution in [0.3, 0.4) is 0 Å². The highest BCUT2D eigenvalue weighted by Crippen LogP contribution is 2.25. The molecule has 0 aromatic heterocycles. The van der Waals surface area contributed by atoms with Gasteiger partial charge in [0.25, 0.3) is 0 Å². The fourth-order valence-corrected chi connectivity index (χ4v) is 2.45. The number of hydrogen-bond donors (Lipinski definition) is 0. The van der Waals surface area contributed by atoms with E-state index in [2.05, 4.69) is 20.8 Å². The highest BCUT2D eigenvalue weighted by Gasteiger charge is 2.29. The number of carbonyl (C=O) groups excluding carboxylic acids is 2. The first-order valence-electron chi connectivity index (χ1n) is 7.02. The molecule has 3 nitrogen and oxygen atoms in total. The zero-order valence-corrected chi connectivity index (χ0v) is 12.5. The lowest BCUT2D eigenvalue weighted by molar-refractivity contribution is -0.137. The molecule has 1 amide bonds. The average molecular weight is 253 g/mol. The number of amides is 1. The minimum absolute atomic E-state index is 0.0433. The second-order valence-corrected chi connectivity index (χ2v) is 6.95. The molecule has 1 aliphatic heterocycles. The molecule has 0 bridgehead atoms. The van der Waals surface area contributed by atoms with E-state index in [9.17, 15) is 9.59 Å². The van der Waals surface area contributed by atoms with E-state index in [0.29, 0.717) is 12.2 Å². The highest BCUT2D eigenvalue weighted by atomic mass is 16.2. The van der Waals surface area contributed by atoms with Gasteiger partial charge < -0.3 is 4.90 Å². The van der Waals surface area contributed by atoms with Crippen molar-refractivity contribution < 1.29 is 9.59 Å². The lowest BCUT2D eigenvalue weighted by atomic mass is 9.86. The Kier molecular flexibility index (Phi) is 4.94. The van der Waals surface area contributed by atoms with Gasteiger partial charge in [-0.25, -0.2) is 0 Å². The molecular formula is C15H27NO2. The molecular weight excluding hydrogens is 226 g/mol. The standard InChI is InChI=1S/C15H27NO2/c1-11(2)14(18)12-6-8-16(9-7-12)13(17)10-15(3,4)5/h11-12H,6-10H2,1-5H3. The third-order valence-electron chi connectivity index (χ3n) is 3.50. The summed E-state index contributed by atoms with van der Waals surface area (Å²) in [6.45, 7) is 11.7. The van der Waals surface area contributed by atoms with Crippen LogP contribution in [-0.2, 0) is 9.59 Å². The van der Waals surface area contributed by atoms with Crippen LogP contribution < -0.4 is 0 Å². The summed E-state index contributed by atoms with van der Waals surface area (Å²) in [7, 11) is 0. The van der Waals surface area contributed by atoms with Crippen LogP contribution in [0.25, 0.3) is 0 Å². The lowest BCUT2D eigenvalue weighted by Gasteiger charge is -2.33. The molecule has 0 aromatic carbocycles. The molecule has 1 fully saturated rings. The van der Waals surface area contributed by atoms with Gasteiger partial charge >= 0.3 is 0 Å². The van der Waals surface area contributed by atoms with Gasteiger partial charge in [-0.3, -0.25) is 9.59 Å². The molecule has 0 unspecified atom stereocenters. The Labute approximate surface area is 111 Å². The van der Waals surface area contributed by atoms with Crippen molar-refractivity contribution in [3.63, 3.8) is 0 Å². The monoisotopic (exact) mass is 253 g/mol. The fourth-order valence-electron chi connectivity index (χ4n) is 2.45. The molecule has 0 radical (unpaired) electrons. The molecule has 1 heterocycles. The molecule has 0 atom stereocenters. The Morgan fingerprint density at radius 1 is 1.17 bits per heavy atom. The zero-order chi connectivity index (χ0) is 13.9. The molecule has 0 N–H and O–H groups in total. The minimum atomic E-state index is 0.0433. The van der Waals surface area contributed by atoms with E-state index < -0.39 is 0 Å². The molecule has 0 saturated carbocycles. The molecule has 0 spiro atoms. The van der Waals surface area contributed by atoms with Crippen molar-refractivity contribution in [3.05, 3.63) is 0 Å². The molecule has 1 rings (SSSR count). The van der Waals surface area contributed by atoms with Crippen molar-refractivity contribution >= 4 is 11.7 Å². The summed E-state index contributed by atoms with van der Waals surface area (Å²) in [4.78, 5) is 25.9. The van der Waals surface area contributed by atoms with Crippen molar-refractivity contribution in [2.75, 3.05) is 13.1 Å². The maximum absolute atomic E-state index is 12.1. The van der Waals surface area contributed by atoms with Crippen molar-refractivity contribution in [2.24, 2.45) is 17.3 Å². The number of carbonyl (C=O) groups is 2. The Bertz CT molecular complexity index is 307. The molecule has 3 heteroatoms. The quantitative estimate of drug-likeness (QED) is 0.775. The fraction of sp³-hybridized carbons (Fsp3) is 0.867. The van der Waals surface area contributed by atoms with Gasteiger partial charge in [-0.2, -0.15) is 0 Å². The van der Waals surface area contributed by atoms with Gasteiger partial charge in [0.15, 0.2) is 0 Å². The van der Waals surface area contributed by atoms with Crippen molar-refractivity contribution in [1.29, 1.82) is 0 Å². The Morgan fingerprint density at radius 2 is 1.67 bits per heavy atom. The molecule has 0 aliphatic carbocycles. The first kappa shape index (κ1) is 15.2. The van der Waals surface area contributed by atoms with Crippen LogP contribution in [0.1, 0.15) is 53.9 Å². The number of hydrogen-bond acceptors (Lipinski definition) is 2. The third kappa shape index (κ3) is 4.43. The summed E-state index contributed by atoms with van der Waals surface area (Å²) in [5.41, 5.74) is 0.0433. The molecule has 1 saturated heterocycles. The summed E-state index contributed by atoms with van der Waals surface area (Å²) in [6, 6.07) is 0. The summed E-state index contributed by atoms with van der Waals surface area (Å²) in [6.07, 6.45) is 2.27. The number of likely N-dealkylation sites (tertiary alicyclic amines) is 1. The van der Waals surface area contributed by atoms with Crippen LogP contribution in [0.2, 0.25) is 0 Å². The van der Waals surface area contributed by atoms with Crippen LogP contribution in [0.15, 0.2) is 0 Å². The van der Waals surface area contributed by atoms with E-state index >= 15 is 0 Å². The predicted octanol–water partition coefficient (Wildman–Crippen LogP) is 2.89. The minimum Gasteiger partial charge on any atom is -0.343 e. The SMILES string of the molecule is CC(C)C(=O)C1CCN(C(=O)CC(C)(C)C)CC1. The van der Waals surface area contributed by atoms with E-state index in [0.717, 1.165) is 25.9 Å². The Balaban J connectivity index is 2.44. The number of nitrogens with zero attached hydrogens (tertiary/aromatic N) is 1. The van der Waals surface area contributed by atoms with Gasteiger partial charge in [-0.05, 0) is 18.3 Å². The topological polar surface area (TPSA) is 37.4 Å². The average Bonchev–Trinajstić information content (AvgIpc) is 2.26. The van der Waals surface area contributed by atoms with E-state index in [-0.39, 0.29) is 23.2 Å². The zero-order valence-electron chi connectivity index (χ0n) is 12.5. The Hall–Kier alpha value is -0.860. The molecule has 18 heavy (non-hydrogen) atoms. The van der Waals surface area contributed by atoms with E-state index in [1.54, 1.807) is 0 Å². The van der Waals surface area contributed by atoms with Crippen LogP contribution >= 0.6 is 0 Å². The van der Waals surface area contributed by atoms with Crippen LogP contribution in [0.4, 0.5) is 0 Å². The smallest absolute Gasteiger partial charge is 0.223 e. The first-order chi connectivity index (χ1) is 8.20. The van der Waals surface area contributed by atoms with Gasteiger partial charge in [0.1, 0.15) is 5.78 Å². The van der Waals surface area contributed by atoms with Crippen molar-refractivity contribution in [3.8, 4) is 0 Å². The molecule has 104 valence electrons. The van der Waals surface area contributed by atoms with E-state index in [4.69, 9.17) is 0 Å². The Morgan fingerprint density at radius 3 is 2.06 bits per heavy atom. The van der Waals surface area contributed by atoms with Gasteiger partial charge in [0.05, 0.1) is 0 Å². The maximum Gasteiger partial charge on any atom is 0.223 e. The number of rotatable bonds is 3. The van der Waals surface area contributed by atoms with Gasteiger partial charge in [-0.1, -0.05) is 34.6 Å². The summed E-state index contributed by atoms with van der Waals surface area (Å²) >= 11 is 0. The van der Waals surface area contributed by atoms with Crippen LogP contribution in [0.5, 0.6) is 0 Å². The van der Waals surface area contributed by atoms with E-state index in [1.165, 1.54) is 0 Å². The van der Waals surface area contributed by atoms with E-state index in [1.807, 2.05) is 18.7 Å². The van der Waals surface area contributed by atoms with Gasteiger partial charge in [0.2, 0.25) is 5.91 Å². The van der Waals surface area contributed by atoms with Crippen LogP contribution in [-0.4, -0.2) is 29.7 Å². The number of Topliss-reactive ketones (excluding diaryl/α,β-unsaturated/α-hetero) is 1. The second-order valence-electron chi connectivity index (χ2n) is 6.95. The lowest BCUT2D eigenvalue weighted by Crippen LogP contribution is -2.42. The first-order valence-corrected chi connectivity index (χ1v) is 7.02. The second kappa shape index (κ2) is 5.85. The van der Waals surface area contributed by atoms with Crippen LogP contribution in [0, 0.1) is 17.3 Å². The maximum atomic E-state index is 12.1. The number of piperidine rings is 1. The highest BCUT2D eigenvalue weighted by molar-refractivity contribution is 5.83. The predicted molar refractivity (Wildman–Crippen MR) is 73.2 cm³/mol. The molecule has 1 aliphatic rings. The largest absolute Gasteiger partial charge is 0.343 e. The van der Waals surface area contributed by atoms with Crippen molar-refractivity contribution in [2.45, 2.75) is 53.9 Å².